The molecular formula is C31H27NO4. The van der Waals surface area contributed by atoms with Gasteiger partial charge in [-0.1, -0.05) is 30.3 Å². The number of hydrogen-bond acceptors (Lipinski definition) is 5. The van der Waals surface area contributed by atoms with Crippen molar-refractivity contribution < 1.29 is 18.6 Å². The Morgan fingerprint density at radius 3 is 2.17 bits per heavy atom. The van der Waals surface area contributed by atoms with Crippen LogP contribution in [0.15, 0.2) is 113 Å². The average molecular weight is 478 g/mol. The Morgan fingerprint density at radius 2 is 1.44 bits per heavy atom. The Hall–Kier alpha value is -4.51. The van der Waals surface area contributed by atoms with Crippen LogP contribution >= 0.6 is 0 Å². The van der Waals surface area contributed by atoms with Crippen molar-refractivity contribution in [3.8, 4) is 28.6 Å². The smallest absolute Gasteiger partial charge is 0.137 e. The second-order valence-electron chi connectivity index (χ2n) is 8.20. The van der Waals surface area contributed by atoms with E-state index >= 15 is 0 Å². The van der Waals surface area contributed by atoms with Gasteiger partial charge in [0, 0.05) is 17.0 Å². The summed E-state index contributed by atoms with van der Waals surface area (Å²) >= 11 is 0. The Labute approximate surface area is 210 Å². The fourth-order valence-electron chi connectivity index (χ4n) is 3.89. The van der Waals surface area contributed by atoms with Crippen molar-refractivity contribution in [2.75, 3.05) is 13.7 Å². The third kappa shape index (κ3) is 5.41. The summed E-state index contributed by atoms with van der Waals surface area (Å²) < 4.78 is 23.2. The van der Waals surface area contributed by atoms with E-state index in [1.54, 1.807) is 7.11 Å². The number of methoxy groups -OCH3 is 1. The van der Waals surface area contributed by atoms with Crippen molar-refractivity contribution in [3.63, 3.8) is 0 Å². The summed E-state index contributed by atoms with van der Waals surface area (Å²) in [5, 5.41) is 1.67. The van der Waals surface area contributed by atoms with Crippen molar-refractivity contribution in [2.24, 2.45) is 4.99 Å². The summed E-state index contributed by atoms with van der Waals surface area (Å²) in [5.74, 6) is 3.08. The highest BCUT2D eigenvalue weighted by Gasteiger charge is 2.08. The monoisotopic (exact) mass is 477 g/mol. The summed E-state index contributed by atoms with van der Waals surface area (Å²) in [6.45, 7) is 3.07. The van der Waals surface area contributed by atoms with Crippen LogP contribution in [0.4, 0.5) is 5.69 Å². The van der Waals surface area contributed by atoms with Crippen molar-refractivity contribution in [1.82, 2.24) is 0 Å². The van der Waals surface area contributed by atoms with Gasteiger partial charge in [0.1, 0.15) is 35.2 Å². The second-order valence-corrected chi connectivity index (χ2v) is 8.20. The van der Waals surface area contributed by atoms with Gasteiger partial charge < -0.3 is 18.6 Å². The van der Waals surface area contributed by atoms with Gasteiger partial charge in [0.25, 0.3) is 0 Å². The molecule has 0 fully saturated rings. The van der Waals surface area contributed by atoms with E-state index in [1.807, 2.05) is 110 Å². The van der Waals surface area contributed by atoms with Crippen LogP contribution in [0.5, 0.6) is 17.2 Å². The lowest BCUT2D eigenvalue weighted by Gasteiger charge is -2.09. The third-order valence-electron chi connectivity index (χ3n) is 5.73. The number of fused-ring (bicyclic) bond motifs is 1. The van der Waals surface area contributed by atoms with E-state index in [1.165, 1.54) is 0 Å². The molecule has 180 valence electrons. The molecule has 5 nitrogen and oxygen atoms in total. The van der Waals surface area contributed by atoms with Gasteiger partial charge in [-0.2, -0.15) is 0 Å². The predicted molar refractivity (Wildman–Crippen MR) is 142 cm³/mol. The van der Waals surface area contributed by atoms with Gasteiger partial charge in [0.05, 0.1) is 24.8 Å². The van der Waals surface area contributed by atoms with Crippen LogP contribution in [0.3, 0.4) is 0 Å². The molecule has 0 saturated carbocycles. The van der Waals surface area contributed by atoms with Crippen LogP contribution in [-0.2, 0) is 6.61 Å². The standard InChI is InChI=1S/C31H27NO4/c1-3-34-27-17-18-30-28(19-27)29(20-31(36-30)23-9-13-25(33-2)14-10-23)32-24-11-15-26(16-12-24)35-21-22-7-5-4-6-8-22/h4-20H,3,21H2,1-2H3. The minimum Gasteiger partial charge on any atom is -0.497 e. The van der Waals surface area contributed by atoms with Crippen LogP contribution in [0.25, 0.3) is 22.3 Å². The van der Waals surface area contributed by atoms with Crippen LogP contribution in [0.1, 0.15) is 12.5 Å². The molecule has 0 bridgehead atoms. The van der Waals surface area contributed by atoms with E-state index in [2.05, 4.69) is 0 Å². The molecule has 0 spiro atoms. The molecule has 0 aliphatic carbocycles. The molecule has 0 unspecified atom stereocenters. The first-order valence-corrected chi connectivity index (χ1v) is 11.9. The summed E-state index contributed by atoms with van der Waals surface area (Å²) in [5.41, 5.74) is 3.61. The molecule has 0 radical (unpaired) electrons. The Kier molecular flexibility index (Phi) is 6.99. The molecule has 36 heavy (non-hydrogen) atoms. The highest BCUT2D eigenvalue weighted by Crippen LogP contribution is 2.27. The molecule has 0 saturated heterocycles. The number of hydrogen-bond donors (Lipinski definition) is 0. The van der Waals surface area contributed by atoms with Crippen LogP contribution in [0, 0.1) is 0 Å². The summed E-state index contributed by atoms with van der Waals surface area (Å²) in [7, 11) is 1.65. The molecule has 5 aromatic rings. The first kappa shape index (κ1) is 23.2. The maximum Gasteiger partial charge on any atom is 0.137 e. The van der Waals surface area contributed by atoms with E-state index < -0.39 is 0 Å². The quantitative estimate of drug-likeness (QED) is 0.235. The van der Waals surface area contributed by atoms with E-state index in [4.69, 9.17) is 23.6 Å². The van der Waals surface area contributed by atoms with E-state index in [0.29, 0.717) is 13.2 Å². The molecule has 5 rings (SSSR count). The van der Waals surface area contributed by atoms with Gasteiger partial charge in [-0.15, -0.1) is 0 Å². The predicted octanol–water partition coefficient (Wildman–Crippen LogP) is 7.32. The second kappa shape index (κ2) is 10.8. The fourth-order valence-corrected chi connectivity index (χ4v) is 3.89. The SMILES string of the molecule is CCOc1ccc2oc(-c3ccc(OC)cc3)cc(=Nc3ccc(OCc4ccccc4)cc3)c2c1. The highest BCUT2D eigenvalue weighted by atomic mass is 16.5. The van der Waals surface area contributed by atoms with Gasteiger partial charge in [0.15, 0.2) is 0 Å². The Balaban J connectivity index is 1.51. The Morgan fingerprint density at radius 1 is 0.722 bits per heavy atom. The van der Waals surface area contributed by atoms with Crippen molar-refractivity contribution in [3.05, 3.63) is 114 Å². The zero-order valence-corrected chi connectivity index (χ0v) is 20.3. The molecule has 0 amide bonds. The van der Waals surface area contributed by atoms with E-state index in [-0.39, 0.29) is 0 Å². The maximum atomic E-state index is 6.25. The first-order valence-electron chi connectivity index (χ1n) is 11.9. The summed E-state index contributed by atoms with van der Waals surface area (Å²) in [6.07, 6.45) is 0. The average Bonchev–Trinajstić information content (AvgIpc) is 2.93. The molecule has 0 aliphatic heterocycles. The number of nitrogens with zero attached hydrogens (tertiary/aromatic N) is 1. The fraction of sp³-hybridized carbons (Fsp3) is 0.129. The van der Waals surface area contributed by atoms with E-state index in [9.17, 15) is 0 Å². The molecule has 0 N–H and O–H groups in total. The van der Waals surface area contributed by atoms with Gasteiger partial charge in [-0.3, -0.25) is 0 Å². The maximum absolute atomic E-state index is 6.25. The van der Waals surface area contributed by atoms with Crippen LogP contribution < -0.4 is 19.6 Å². The van der Waals surface area contributed by atoms with Crippen LogP contribution in [0.2, 0.25) is 0 Å². The Bertz CT molecular complexity index is 1510. The molecular weight excluding hydrogens is 450 g/mol. The third-order valence-corrected chi connectivity index (χ3v) is 5.73. The van der Waals surface area contributed by atoms with Gasteiger partial charge in [-0.05, 0) is 79.2 Å². The zero-order chi connectivity index (χ0) is 24.7. The molecule has 0 aliphatic rings. The van der Waals surface area contributed by atoms with Gasteiger partial charge in [-0.25, -0.2) is 4.99 Å². The van der Waals surface area contributed by atoms with Crippen molar-refractivity contribution in [1.29, 1.82) is 0 Å². The van der Waals surface area contributed by atoms with Gasteiger partial charge >= 0.3 is 0 Å². The molecule has 5 heteroatoms. The lowest BCUT2D eigenvalue weighted by atomic mass is 10.1. The minimum atomic E-state index is 0.521. The lowest BCUT2D eigenvalue weighted by Crippen LogP contribution is -2.04. The summed E-state index contributed by atoms with van der Waals surface area (Å²) in [4.78, 5) is 4.95. The molecule has 1 aromatic heterocycles. The minimum absolute atomic E-state index is 0.521. The van der Waals surface area contributed by atoms with Crippen molar-refractivity contribution >= 4 is 16.7 Å². The summed E-state index contributed by atoms with van der Waals surface area (Å²) in [6, 6.07) is 33.4. The molecule has 1 heterocycles. The zero-order valence-electron chi connectivity index (χ0n) is 20.3. The first-order chi connectivity index (χ1) is 17.7. The lowest BCUT2D eigenvalue weighted by molar-refractivity contribution is 0.306. The molecule has 0 atom stereocenters. The molecule has 4 aromatic carbocycles. The highest BCUT2D eigenvalue weighted by molar-refractivity contribution is 5.80. The topological polar surface area (TPSA) is 53.2 Å². The number of rotatable bonds is 8. The normalized spacial score (nSPS) is 11.4. The van der Waals surface area contributed by atoms with Gasteiger partial charge in [0.2, 0.25) is 0 Å². The van der Waals surface area contributed by atoms with Crippen molar-refractivity contribution in [2.45, 2.75) is 13.5 Å². The number of benzene rings is 4. The largest absolute Gasteiger partial charge is 0.497 e. The van der Waals surface area contributed by atoms with Crippen LogP contribution in [-0.4, -0.2) is 13.7 Å². The number of ether oxygens (including phenoxy) is 3. The van der Waals surface area contributed by atoms with E-state index in [0.717, 1.165) is 56.1 Å².